The van der Waals surface area contributed by atoms with Crippen LogP contribution >= 0.6 is 0 Å². The molecule has 108 valence electrons. The van der Waals surface area contributed by atoms with Gasteiger partial charge in [0.05, 0.1) is 5.75 Å². The lowest BCUT2D eigenvalue weighted by molar-refractivity contribution is 0.546. The van der Waals surface area contributed by atoms with Crippen molar-refractivity contribution in [3.05, 3.63) is 35.9 Å². The molecule has 5 heteroatoms. The van der Waals surface area contributed by atoms with Crippen LogP contribution in [0.5, 0.6) is 0 Å². The minimum atomic E-state index is -3.23. The maximum Gasteiger partial charge on any atom is 0.213 e. The molecule has 0 aliphatic heterocycles. The summed E-state index contributed by atoms with van der Waals surface area (Å²) in [6.07, 6.45) is 1.75. The van der Waals surface area contributed by atoms with Crippen LogP contribution in [0.3, 0.4) is 0 Å². The lowest BCUT2D eigenvalue weighted by Gasteiger charge is -2.17. The summed E-state index contributed by atoms with van der Waals surface area (Å²) in [5.41, 5.74) is 1.01. The summed E-state index contributed by atoms with van der Waals surface area (Å²) >= 11 is 0. The number of rotatable bonds is 9. The molecule has 0 fully saturated rings. The molecular weight excluding hydrogens is 260 g/mol. The van der Waals surface area contributed by atoms with Crippen molar-refractivity contribution < 1.29 is 8.42 Å². The molecule has 0 aliphatic rings. The summed E-state index contributed by atoms with van der Waals surface area (Å²) in [7, 11) is -3.23. The Kier molecular flexibility index (Phi) is 7.05. The maximum absolute atomic E-state index is 12.0. The van der Waals surface area contributed by atoms with Crippen molar-refractivity contribution >= 4 is 10.0 Å². The van der Waals surface area contributed by atoms with Crippen LogP contribution in [-0.4, -0.2) is 27.3 Å². The van der Waals surface area contributed by atoms with Crippen molar-refractivity contribution in [2.24, 2.45) is 0 Å². The second-order valence-corrected chi connectivity index (χ2v) is 6.43. The molecule has 0 aliphatic carbocycles. The van der Waals surface area contributed by atoms with Gasteiger partial charge >= 0.3 is 0 Å². The number of sulfonamides is 1. The van der Waals surface area contributed by atoms with E-state index in [1.807, 2.05) is 37.3 Å². The van der Waals surface area contributed by atoms with Gasteiger partial charge in [-0.25, -0.2) is 13.1 Å². The normalized spacial score (nSPS) is 13.4. The monoisotopic (exact) mass is 284 g/mol. The SMILES string of the molecule is CCCNCCS(=O)(=O)NC(CC)c1ccccc1. The molecule has 1 atom stereocenters. The van der Waals surface area contributed by atoms with E-state index < -0.39 is 10.0 Å². The molecule has 19 heavy (non-hydrogen) atoms. The van der Waals surface area contributed by atoms with Crippen LogP contribution in [0.25, 0.3) is 0 Å². The second kappa shape index (κ2) is 8.30. The Morgan fingerprint density at radius 1 is 1.11 bits per heavy atom. The van der Waals surface area contributed by atoms with Crippen LogP contribution in [0, 0.1) is 0 Å². The fourth-order valence-electron chi connectivity index (χ4n) is 1.86. The Bertz CT molecular complexity index is 446. The van der Waals surface area contributed by atoms with Gasteiger partial charge in [-0.3, -0.25) is 0 Å². The summed E-state index contributed by atoms with van der Waals surface area (Å²) in [5.74, 6) is 0.121. The summed E-state index contributed by atoms with van der Waals surface area (Å²) in [5, 5.41) is 3.10. The molecule has 1 rings (SSSR count). The van der Waals surface area contributed by atoms with E-state index in [2.05, 4.69) is 17.0 Å². The average Bonchev–Trinajstić information content (AvgIpc) is 2.42. The van der Waals surface area contributed by atoms with Gasteiger partial charge in [0.25, 0.3) is 0 Å². The third-order valence-corrected chi connectivity index (χ3v) is 4.29. The van der Waals surface area contributed by atoms with E-state index in [9.17, 15) is 8.42 Å². The zero-order valence-corrected chi connectivity index (χ0v) is 12.5. The topological polar surface area (TPSA) is 58.2 Å². The largest absolute Gasteiger partial charge is 0.316 e. The number of hydrogen-bond acceptors (Lipinski definition) is 3. The van der Waals surface area contributed by atoms with E-state index in [0.717, 1.165) is 24.9 Å². The quantitative estimate of drug-likeness (QED) is 0.682. The smallest absolute Gasteiger partial charge is 0.213 e. The maximum atomic E-state index is 12.0. The van der Waals surface area contributed by atoms with Crippen molar-refractivity contribution in [3.63, 3.8) is 0 Å². The summed E-state index contributed by atoms with van der Waals surface area (Å²) in [6, 6.07) is 9.54. The van der Waals surface area contributed by atoms with Crippen LogP contribution in [0.15, 0.2) is 30.3 Å². The van der Waals surface area contributed by atoms with Crippen molar-refractivity contribution in [2.45, 2.75) is 32.7 Å². The number of nitrogens with one attached hydrogen (secondary N) is 2. The summed E-state index contributed by atoms with van der Waals surface area (Å²) < 4.78 is 26.7. The molecule has 0 heterocycles. The van der Waals surface area contributed by atoms with Gasteiger partial charge in [-0.05, 0) is 24.9 Å². The lowest BCUT2D eigenvalue weighted by Crippen LogP contribution is -2.34. The van der Waals surface area contributed by atoms with Gasteiger partial charge in [0, 0.05) is 12.6 Å². The standard InChI is InChI=1S/C14H24N2O2S/c1-3-10-15-11-12-19(17,18)16-14(4-2)13-8-6-5-7-9-13/h5-9,14-16H,3-4,10-12H2,1-2H3. The molecule has 0 amide bonds. The van der Waals surface area contributed by atoms with Gasteiger partial charge in [0.2, 0.25) is 10.0 Å². The number of benzene rings is 1. The summed E-state index contributed by atoms with van der Waals surface area (Å²) in [4.78, 5) is 0. The molecule has 4 nitrogen and oxygen atoms in total. The van der Waals surface area contributed by atoms with Crippen molar-refractivity contribution in [3.8, 4) is 0 Å². The molecule has 0 saturated carbocycles. The highest BCUT2D eigenvalue weighted by atomic mass is 32.2. The predicted octanol–water partition coefficient (Wildman–Crippen LogP) is 2.06. The van der Waals surface area contributed by atoms with Crippen molar-refractivity contribution in [1.82, 2.24) is 10.0 Å². The van der Waals surface area contributed by atoms with Crippen LogP contribution < -0.4 is 10.0 Å². The molecule has 0 saturated heterocycles. The molecule has 1 aromatic rings. The van der Waals surface area contributed by atoms with E-state index in [1.165, 1.54) is 0 Å². The first-order valence-electron chi connectivity index (χ1n) is 6.84. The van der Waals surface area contributed by atoms with Crippen molar-refractivity contribution in [1.29, 1.82) is 0 Å². The van der Waals surface area contributed by atoms with E-state index in [-0.39, 0.29) is 11.8 Å². The third-order valence-electron chi connectivity index (χ3n) is 2.91. The van der Waals surface area contributed by atoms with Crippen LogP contribution in [0.4, 0.5) is 0 Å². The molecular formula is C14H24N2O2S. The highest BCUT2D eigenvalue weighted by molar-refractivity contribution is 7.89. The fraction of sp³-hybridized carbons (Fsp3) is 0.571. The predicted molar refractivity (Wildman–Crippen MR) is 79.6 cm³/mol. The second-order valence-electron chi connectivity index (χ2n) is 4.56. The van der Waals surface area contributed by atoms with Gasteiger partial charge in [0.1, 0.15) is 0 Å². The first-order chi connectivity index (χ1) is 9.09. The Labute approximate surface area is 116 Å². The van der Waals surface area contributed by atoms with Gasteiger partial charge in [-0.1, -0.05) is 44.2 Å². The van der Waals surface area contributed by atoms with Crippen LogP contribution in [-0.2, 0) is 10.0 Å². The van der Waals surface area contributed by atoms with Crippen LogP contribution in [0.1, 0.15) is 38.3 Å². The third kappa shape index (κ3) is 6.18. The molecule has 0 bridgehead atoms. The van der Waals surface area contributed by atoms with Crippen molar-refractivity contribution in [2.75, 3.05) is 18.8 Å². The zero-order valence-electron chi connectivity index (χ0n) is 11.7. The molecule has 0 aromatic heterocycles. The van der Waals surface area contributed by atoms with Gasteiger partial charge in [0.15, 0.2) is 0 Å². The Hall–Kier alpha value is -0.910. The number of hydrogen-bond donors (Lipinski definition) is 2. The van der Waals surface area contributed by atoms with E-state index in [0.29, 0.717) is 6.54 Å². The minimum Gasteiger partial charge on any atom is -0.316 e. The summed E-state index contributed by atoms with van der Waals surface area (Å²) in [6.45, 7) is 5.39. The Morgan fingerprint density at radius 2 is 1.79 bits per heavy atom. The first kappa shape index (κ1) is 16.1. The molecule has 2 N–H and O–H groups in total. The van der Waals surface area contributed by atoms with Gasteiger partial charge < -0.3 is 5.32 Å². The van der Waals surface area contributed by atoms with E-state index in [4.69, 9.17) is 0 Å². The lowest BCUT2D eigenvalue weighted by atomic mass is 10.1. The highest BCUT2D eigenvalue weighted by Crippen LogP contribution is 2.16. The fourth-order valence-corrected chi connectivity index (χ4v) is 3.12. The van der Waals surface area contributed by atoms with E-state index in [1.54, 1.807) is 0 Å². The molecule has 1 unspecified atom stereocenters. The first-order valence-corrected chi connectivity index (χ1v) is 8.50. The van der Waals surface area contributed by atoms with Gasteiger partial charge in [-0.15, -0.1) is 0 Å². The molecule has 0 radical (unpaired) electrons. The molecule has 0 spiro atoms. The Balaban J connectivity index is 2.55. The average molecular weight is 284 g/mol. The molecule has 1 aromatic carbocycles. The highest BCUT2D eigenvalue weighted by Gasteiger charge is 2.17. The zero-order chi connectivity index (χ0) is 14.1. The van der Waals surface area contributed by atoms with E-state index >= 15 is 0 Å². The Morgan fingerprint density at radius 3 is 2.37 bits per heavy atom. The minimum absolute atomic E-state index is 0.121. The van der Waals surface area contributed by atoms with Gasteiger partial charge in [-0.2, -0.15) is 0 Å². The van der Waals surface area contributed by atoms with Crippen LogP contribution in [0.2, 0.25) is 0 Å².